The van der Waals surface area contributed by atoms with Gasteiger partial charge in [0.1, 0.15) is 0 Å². The number of carbonyl (C=O) groups excluding carboxylic acids is 2. The van der Waals surface area contributed by atoms with Gasteiger partial charge in [-0.2, -0.15) is 0 Å². The lowest BCUT2D eigenvalue weighted by molar-refractivity contribution is -0.152. The Hall–Kier alpha value is -1.63. The molecular weight excluding hydrogens is 274 g/mol. The van der Waals surface area contributed by atoms with E-state index in [0.29, 0.717) is 45.4 Å². The number of hydrogen-bond donors (Lipinski definition) is 3. The average molecular weight is 299 g/mol. The van der Waals surface area contributed by atoms with Crippen LogP contribution in [0.4, 0.5) is 0 Å². The van der Waals surface area contributed by atoms with Gasteiger partial charge in [0.05, 0.1) is 12.0 Å². The molecule has 7 nitrogen and oxygen atoms in total. The first-order valence-electron chi connectivity index (χ1n) is 7.36. The van der Waals surface area contributed by atoms with Gasteiger partial charge in [-0.15, -0.1) is 0 Å². The summed E-state index contributed by atoms with van der Waals surface area (Å²) in [6.07, 6.45) is 1.79. The fourth-order valence-corrected chi connectivity index (χ4v) is 2.56. The lowest BCUT2D eigenvalue weighted by Gasteiger charge is -2.37. The molecular formula is C14H25N3O4. The summed E-state index contributed by atoms with van der Waals surface area (Å²) >= 11 is 0. The van der Waals surface area contributed by atoms with Gasteiger partial charge in [-0.1, -0.05) is 6.92 Å². The van der Waals surface area contributed by atoms with Crippen molar-refractivity contribution in [2.45, 2.75) is 33.1 Å². The van der Waals surface area contributed by atoms with Crippen molar-refractivity contribution in [3.05, 3.63) is 0 Å². The number of piperidine rings is 1. The van der Waals surface area contributed by atoms with E-state index in [1.165, 1.54) is 6.92 Å². The first-order valence-corrected chi connectivity index (χ1v) is 7.36. The molecule has 120 valence electrons. The second kappa shape index (κ2) is 7.97. The van der Waals surface area contributed by atoms with Crippen molar-refractivity contribution < 1.29 is 19.5 Å². The molecule has 0 atom stereocenters. The van der Waals surface area contributed by atoms with E-state index in [-0.39, 0.29) is 18.4 Å². The fourth-order valence-electron chi connectivity index (χ4n) is 2.56. The molecule has 0 saturated carbocycles. The summed E-state index contributed by atoms with van der Waals surface area (Å²) in [6.45, 7) is 5.67. The topological polar surface area (TPSA) is 98.7 Å². The summed E-state index contributed by atoms with van der Waals surface area (Å²) in [5.41, 5.74) is -0.627. The standard InChI is InChI=1S/C14H25N3O4/c1-3-14(13(20)21)4-8-17(9-5-14)10-12(19)16-7-6-15-11(2)18/h3-10H2,1-2H3,(H,15,18)(H,16,19)(H,20,21). The number of carboxylic acids is 1. The number of hydrogen-bond acceptors (Lipinski definition) is 4. The van der Waals surface area contributed by atoms with Gasteiger partial charge >= 0.3 is 5.97 Å². The summed E-state index contributed by atoms with van der Waals surface area (Å²) in [6, 6.07) is 0. The van der Waals surface area contributed by atoms with E-state index in [1.54, 1.807) is 0 Å². The second-order valence-corrected chi connectivity index (χ2v) is 5.55. The molecule has 1 rings (SSSR count). The quantitative estimate of drug-likeness (QED) is 0.566. The Bertz CT molecular complexity index is 390. The Labute approximate surface area is 125 Å². The minimum absolute atomic E-state index is 0.0975. The van der Waals surface area contributed by atoms with Gasteiger partial charge in [-0.3, -0.25) is 19.3 Å². The Morgan fingerprint density at radius 3 is 2.19 bits per heavy atom. The first kappa shape index (κ1) is 17.4. The number of carbonyl (C=O) groups is 3. The number of amides is 2. The van der Waals surface area contributed by atoms with Crippen LogP contribution in [0.1, 0.15) is 33.1 Å². The van der Waals surface area contributed by atoms with Gasteiger partial charge in [-0.05, 0) is 32.4 Å². The van der Waals surface area contributed by atoms with Crippen LogP contribution in [0.3, 0.4) is 0 Å². The third kappa shape index (κ3) is 5.34. The van der Waals surface area contributed by atoms with Crippen LogP contribution < -0.4 is 10.6 Å². The van der Waals surface area contributed by atoms with Gasteiger partial charge in [0, 0.05) is 20.0 Å². The Morgan fingerprint density at radius 1 is 1.14 bits per heavy atom. The smallest absolute Gasteiger partial charge is 0.309 e. The predicted octanol–water partition coefficient (Wildman–Crippen LogP) is -0.184. The van der Waals surface area contributed by atoms with Crippen molar-refractivity contribution in [2.24, 2.45) is 5.41 Å². The molecule has 0 aromatic heterocycles. The molecule has 1 heterocycles. The van der Waals surface area contributed by atoms with Crippen LogP contribution in [-0.2, 0) is 14.4 Å². The van der Waals surface area contributed by atoms with Crippen molar-refractivity contribution in [3.63, 3.8) is 0 Å². The molecule has 2 amide bonds. The van der Waals surface area contributed by atoms with Crippen LogP contribution in [-0.4, -0.2) is 60.5 Å². The molecule has 0 aromatic rings. The Kier molecular flexibility index (Phi) is 6.61. The van der Waals surface area contributed by atoms with E-state index in [2.05, 4.69) is 10.6 Å². The highest BCUT2D eigenvalue weighted by Gasteiger charge is 2.39. The minimum atomic E-state index is -0.732. The highest BCUT2D eigenvalue weighted by molar-refractivity contribution is 5.78. The number of rotatable bonds is 7. The summed E-state index contributed by atoms with van der Waals surface area (Å²) in [5.74, 6) is -0.950. The normalized spacial score (nSPS) is 18.0. The van der Waals surface area contributed by atoms with Crippen molar-refractivity contribution >= 4 is 17.8 Å². The zero-order valence-corrected chi connectivity index (χ0v) is 12.8. The monoisotopic (exact) mass is 299 g/mol. The molecule has 0 unspecified atom stereocenters. The summed E-state index contributed by atoms with van der Waals surface area (Å²) in [4.78, 5) is 35.7. The van der Waals surface area contributed by atoms with Crippen LogP contribution in [0.5, 0.6) is 0 Å². The van der Waals surface area contributed by atoms with E-state index in [0.717, 1.165) is 0 Å². The molecule has 1 aliphatic heterocycles. The molecule has 21 heavy (non-hydrogen) atoms. The average Bonchev–Trinajstić information content (AvgIpc) is 2.44. The van der Waals surface area contributed by atoms with Crippen LogP contribution in [0.25, 0.3) is 0 Å². The second-order valence-electron chi connectivity index (χ2n) is 5.55. The third-order valence-electron chi connectivity index (χ3n) is 4.13. The van der Waals surface area contributed by atoms with E-state index in [1.807, 2.05) is 11.8 Å². The number of aliphatic carboxylic acids is 1. The lowest BCUT2D eigenvalue weighted by atomic mass is 9.76. The van der Waals surface area contributed by atoms with Gasteiger partial charge in [0.15, 0.2) is 0 Å². The highest BCUT2D eigenvalue weighted by atomic mass is 16.4. The van der Waals surface area contributed by atoms with E-state index in [9.17, 15) is 19.5 Å². The van der Waals surface area contributed by atoms with E-state index in [4.69, 9.17) is 0 Å². The molecule has 1 saturated heterocycles. The largest absolute Gasteiger partial charge is 0.481 e. The molecule has 0 radical (unpaired) electrons. The lowest BCUT2D eigenvalue weighted by Crippen LogP contribution is -2.47. The first-order chi connectivity index (χ1) is 9.89. The van der Waals surface area contributed by atoms with E-state index < -0.39 is 11.4 Å². The van der Waals surface area contributed by atoms with Gasteiger partial charge in [0.2, 0.25) is 11.8 Å². The fraction of sp³-hybridized carbons (Fsp3) is 0.786. The maximum Gasteiger partial charge on any atom is 0.309 e. The summed E-state index contributed by atoms with van der Waals surface area (Å²) in [7, 11) is 0. The molecule has 0 aliphatic carbocycles. The Morgan fingerprint density at radius 2 is 1.71 bits per heavy atom. The van der Waals surface area contributed by atoms with Gasteiger partial charge < -0.3 is 15.7 Å². The molecule has 7 heteroatoms. The molecule has 3 N–H and O–H groups in total. The van der Waals surface area contributed by atoms with Gasteiger partial charge in [0.25, 0.3) is 0 Å². The summed E-state index contributed by atoms with van der Waals surface area (Å²) < 4.78 is 0. The number of carboxylic acid groups (broad SMARTS) is 1. The van der Waals surface area contributed by atoms with Crippen LogP contribution >= 0.6 is 0 Å². The highest BCUT2D eigenvalue weighted by Crippen LogP contribution is 2.34. The van der Waals surface area contributed by atoms with Gasteiger partial charge in [-0.25, -0.2) is 0 Å². The molecule has 0 bridgehead atoms. The zero-order chi connectivity index (χ0) is 15.9. The number of likely N-dealkylation sites (tertiary alicyclic amines) is 1. The molecule has 0 spiro atoms. The summed E-state index contributed by atoms with van der Waals surface area (Å²) in [5, 5.41) is 14.6. The van der Waals surface area contributed by atoms with Crippen LogP contribution in [0.2, 0.25) is 0 Å². The van der Waals surface area contributed by atoms with Crippen molar-refractivity contribution in [3.8, 4) is 0 Å². The Balaban J connectivity index is 2.27. The van der Waals surface area contributed by atoms with Crippen molar-refractivity contribution in [2.75, 3.05) is 32.7 Å². The molecule has 1 aliphatic rings. The maximum atomic E-state index is 11.7. The number of nitrogens with zero attached hydrogens (tertiary/aromatic N) is 1. The number of nitrogens with one attached hydrogen (secondary N) is 2. The molecule has 1 fully saturated rings. The molecule has 0 aromatic carbocycles. The third-order valence-corrected chi connectivity index (χ3v) is 4.13. The van der Waals surface area contributed by atoms with Crippen molar-refractivity contribution in [1.82, 2.24) is 15.5 Å². The maximum absolute atomic E-state index is 11.7. The van der Waals surface area contributed by atoms with E-state index >= 15 is 0 Å². The predicted molar refractivity (Wildman–Crippen MR) is 77.7 cm³/mol. The SMILES string of the molecule is CCC1(C(=O)O)CCN(CC(=O)NCCNC(C)=O)CC1. The van der Waals surface area contributed by atoms with Crippen molar-refractivity contribution in [1.29, 1.82) is 0 Å². The zero-order valence-electron chi connectivity index (χ0n) is 12.8. The van der Waals surface area contributed by atoms with Crippen LogP contribution in [0.15, 0.2) is 0 Å². The minimum Gasteiger partial charge on any atom is -0.481 e. The van der Waals surface area contributed by atoms with Crippen LogP contribution in [0, 0.1) is 5.41 Å².